The van der Waals surface area contributed by atoms with E-state index in [2.05, 4.69) is 20.6 Å². The molecule has 1 amide bonds. The molecule has 1 atom stereocenters. The van der Waals surface area contributed by atoms with Crippen molar-refractivity contribution in [2.75, 3.05) is 19.5 Å². The highest BCUT2D eigenvalue weighted by Crippen LogP contribution is 2.40. The lowest BCUT2D eigenvalue weighted by atomic mass is 9.86. The van der Waals surface area contributed by atoms with Crippen LogP contribution in [0, 0.1) is 6.92 Å². The van der Waals surface area contributed by atoms with Gasteiger partial charge in [0.25, 0.3) is 0 Å². The van der Waals surface area contributed by atoms with Crippen molar-refractivity contribution >= 4 is 11.7 Å². The van der Waals surface area contributed by atoms with E-state index >= 15 is 0 Å². The maximum Gasteiger partial charge on any atom is 0.233 e. The fraction of sp³-hybridized carbons (Fsp3) is 0.263. The molecule has 4 rings (SSSR count). The zero-order valence-electron chi connectivity index (χ0n) is 15.3. The number of benzene rings is 1. The predicted octanol–water partition coefficient (Wildman–Crippen LogP) is 2.46. The van der Waals surface area contributed by atoms with E-state index in [0.29, 0.717) is 23.9 Å². The van der Waals surface area contributed by atoms with Gasteiger partial charge in [0.05, 0.1) is 19.9 Å². The van der Waals surface area contributed by atoms with Gasteiger partial charge in [0.1, 0.15) is 11.6 Å². The van der Waals surface area contributed by atoms with Gasteiger partial charge >= 0.3 is 0 Å². The van der Waals surface area contributed by atoms with Gasteiger partial charge in [0, 0.05) is 24.0 Å². The molecule has 8 nitrogen and oxygen atoms in total. The van der Waals surface area contributed by atoms with Crippen molar-refractivity contribution in [1.29, 1.82) is 0 Å². The van der Waals surface area contributed by atoms with Crippen LogP contribution in [0.15, 0.2) is 36.4 Å². The van der Waals surface area contributed by atoms with Gasteiger partial charge in [-0.05, 0) is 30.7 Å². The van der Waals surface area contributed by atoms with Gasteiger partial charge in [-0.1, -0.05) is 12.1 Å². The number of nitrogens with zero attached hydrogens (tertiary/aromatic N) is 4. The van der Waals surface area contributed by atoms with Crippen molar-refractivity contribution in [2.24, 2.45) is 0 Å². The number of aromatic nitrogens is 4. The van der Waals surface area contributed by atoms with E-state index < -0.39 is 0 Å². The number of amides is 1. The maximum atomic E-state index is 12.4. The summed E-state index contributed by atoms with van der Waals surface area (Å²) < 4.78 is 11.9. The monoisotopic (exact) mass is 365 g/mol. The molecule has 0 saturated heterocycles. The summed E-state index contributed by atoms with van der Waals surface area (Å²) in [5, 5.41) is 15.7. The molecule has 0 saturated carbocycles. The number of hydrogen-bond donors (Lipinski definition) is 1. The molecular weight excluding hydrogens is 346 g/mol. The maximum absolute atomic E-state index is 12.4. The van der Waals surface area contributed by atoms with Crippen molar-refractivity contribution in [3.8, 4) is 17.4 Å². The smallest absolute Gasteiger partial charge is 0.233 e. The number of nitrogens with one attached hydrogen (secondary N) is 1. The highest BCUT2D eigenvalue weighted by Gasteiger charge is 2.33. The Bertz CT molecular complexity index is 980. The van der Waals surface area contributed by atoms with Crippen LogP contribution in [0.5, 0.6) is 11.6 Å². The van der Waals surface area contributed by atoms with E-state index in [1.165, 1.54) is 7.11 Å². The van der Waals surface area contributed by atoms with Gasteiger partial charge in [0.2, 0.25) is 11.8 Å². The van der Waals surface area contributed by atoms with Crippen LogP contribution in [-0.4, -0.2) is 40.1 Å². The minimum atomic E-state index is -0.0837. The summed E-state index contributed by atoms with van der Waals surface area (Å²) in [6, 6.07) is 11.2. The summed E-state index contributed by atoms with van der Waals surface area (Å²) in [4.78, 5) is 12.4. The van der Waals surface area contributed by atoms with Crippen LogP contribution in [0.1, 0.15) is 29.2 Å². The molecule has 1 N–H and O–H groups in total. The first kappa shape index (κ1) is 17.0. The lowest BCUT2D eigenvalue weighted by Crippen LogP contribution is -2.25. The molecule has 3 aromatic rings. The van der Waals surface area contributed by atoms with Crippen LogP contribution in [0.4, 0.5) is 5.82 Å². The van der Waals surface area contributed by atoms with Crippen LogP contribution in [0.3, 0.4) is 0 Å². The SMILES string of the molecule is COc1ccc(C2CC(=O)Nc3c2c(C)nn3-c2ccc(OC)nn2)cc1. The van der Waals surface area contributed by atoms with Crippen molar-refractivity contribution in [3.05, 3.63) is 53.2 Å². The quantitative estimate of drug-likeness (QED) is 0.764. The Morgan fingerprint density at radius 1 is 1.07 bits per heavy atom. The molecule has 1 aliphatic heterocycles. The second-order valence-corrected chi connectivity index (χ2v) is 6.27. The topological polar surface area (TPSA) is 91.2 Å². The minimum absolute atomic E-state index is 0.0639. The molecule has 3 heterocycles. The average molecular weight is 365 g/mol. The number of aryl methyl sites for hydroxylation is 1. The van der Waals surface area contributed by atoms with E-state index in [9.17, 15) is 4.79 Å². The van der Waals surface area contributed by atoms with E-state index in [1.807, 2.05) is 31.2 Å². The van der Waals surface area contributed by atoms with Crippen LogP contribution < -0.4 is 14.8 Å². The highest BCUT2D eigenvalue weighted by atomic mass is 16.5. The first-order valence-electron chi connectivity index (χ1n) is 8.52. The van der Waals surface area contributed by atoms with E-state index in [4.69, 9.17) is 9.47 Å². The number of anilines is 1. The molecule has 27 heavy (non-hydrogen) atoms. The van der Waals surface area contributed by atoms with Gasteiger partial charge in [-0.2, -0.15) is 9.78 Å². The fourth-order valence-electron chi connectivity index (χ4n) is 3.37. The molecule has 1 aromatic carbocycles. The van der Waals surface area contributed by atoms with Gasteiger partial charge < -0.3 is 14.8 Å². The highest BCUT2D eigenvalue weighted by molar-refractivity contribution is 5.95. The van der Waals surface area contributed by atoms with Gasteiger partial charge in [-0.25, -0.2) is 0 Å². The average Bonchev–Trinajstić information content (AvgIpc) is 3.04. The van der Waals surface area contributed by atoms with Crippen LogP contribution in [0.2, 0.25) is 0 Å². The fourth-order valence-corrected chi connectivity index (χ4v) is 3.37. The summed E-state index contributed by atoms with van der Waals surface area (Å²) in [7, 11) is 3.16. The molecule has 138 valence electrons. The van der Waals surface area contributed by atoms with Crippen molar-refractivity contribution < 1.29 is 14.3 Å². The lowest BCUT2D eigenvalue weighted by molar-refractivity contribution is -0.116. The summed E-state index contributed by atoms with van der Waals surface area (Å²) in [6.07, 6.45) is 0.361. The standard InChI is InChI=1S/C19H19N5O3/c1-11-18-14(12-4-6-13(26-2)7-5-12)10-16(25)20-19(18)24(23-11)15-8-9-17(27-3)22-21-15/h4-9,14H,10H2,1-3H3,(H,20,25). The number of rotatable bonds is 4. The molecule has 1 unspecified atom stereocenters. The van der Waals surface area contributed by atoms with Crippen molar-refractivity contribution in [2.45, 2.75) is 19.3 Å². The third-order valence-corrected chi connectivity index (χ3v) is 4.67. The van der Waals surface area contributed by atoms with Crippen molar-refractivity contribution in [1.82, 2.24) is 20.0 Å². The third kappa shape index (κ3) is 2.99. The Morgan fingerprint density at radius 2 is 1.85 bits per heavy atom. The lowest BCUT2D eigenvalue weighted by Gasteiger charge is -2.24. The summed E-state index contributed by atoms with van der Waals surface area (Å²) in [5.41, 5.74) is 2.86. The Morgan fingerprint density at radius 3 is 2.48 bits per heavy atom. The van der Waals surface area contributed by atoms with E-state index in [-0.39, 0.29) is 11.8 Å². The second-order valence-electron chi connectivity index (χ2n) is 6.27. The summed E-state index contributed by atoms with van der Waals surface area (Å²) >= 11 is 0. The van der Waals surface area contributed by atoms with Gasteiger partial charge in [0.15, 0.2) is 5.82 Å². The van der Waals surface area contributed by atoms with Crippen LogP contribution in [-0.2, 0) is 4.79 Å². The Kier molecular flexibility index (Phi) is 4.23. The molecule has 0 aliphatic carbocycles. The normalized spacial score (nSPS) is 15.8. The molecule has 0 bridgehead atoms. The summed E-state index contributed by atoms with van der Waals surface area (Å²) in [6.45, 7) is 1.93. The minimum Gasteiger partial charge on any atom is -0.497 e. The number of hydrogen-bond acceptors (Lipinski definition) is 6. The molecule has 1 aliphatic rings. The zero-order valence-corrected chi connectivity index (χ0v) is 15.3. The largest absolute Gasteiger partial charge is 0.497 e. The second kappa shape index (κ2) is 6.71. The van der Waals surface area contributed by atoms with Crippen molar-refractivity contribution in [3.63, 3.8) is 0 Å². The third-order valence-electron chi connectivity index (χ3n) is 4.67. The van der Waals surface area contributed by atoms with Gasteiger partial charge in [-0.15, -0.1) is 10.2 Å². The molecule has 0 spiro atoms. The van der Waals surface area contributed by atoms with E-state index in [1.54, 1.807) is 23.9 Å². The Hall–Kier alpha value is -3.42. The predicted molar refractivity (Wildman–Crippen MR) is 98.5 cm³/mol. The Labute approximate surface area is 156 Å². The number of methoxy groups -OCH3 is 2. The molecule has 0 radical (unpaired) electrons. The number of fused-ring (bicyclic) bond motifs is 1. The number of ether oxygens (including phenoxy) is 2. The molecule has 8 heteroatoms. The molecule has 2 aromatic heterocycles. The zero-order chi connectivity index (χ0) is 19.0. The number of carbonyl (C=O) groups excluding carboxylic acids is 1. The Balaban J connectivity index is 1.79. The number of carbonyl (C=O) groups is 1. The van der Waals surface area contributed by atoms with Crippen LogP contribution >= 0.6 is 0 Å². The van der Waals surface area contributed by atoms with E-state index in [0.717, 1.165) is 22.6 Å². The first-order chi connectivity index (χ1) is 13.1. The first-order valence-corrected chi connectivity index (χ1v) is 8.52. The van der Waals surface area contributed by atoms with Gasteiger partial charge in [-0.3, -0.25) is 4.79 Å². The van der Waals surface area contributed by atoms with Crippen LogP contribution in [0.25, 0.3) is 5.82 Å². The molecule has 0 fully saturated rings. The summed E-state index contributed by atoms with van der Waals surface area (Å²) in [5.74, 6) is 2.18. The molecular formula is C19H19N5O3.